The number of rotatable bonds is 3. The van der Waals surface area contributed by atoms with Gasteiger partial charge in [0.25, 0.3) is 0 Å². The number of aryl methyl sites for hydroxylation is 2. The summed E-state index contributed by atoms with van der Waals surface area (Å²) >= 11 is 5.39. The molecule has 0 aliphatic rings. The molecule has 0 fully saturated rings. The van der Waals surface area contributed by atoms with E-state index in [-0.39, 0.29) is 11.8 Å². The van der Waals surface area contributed by atoms with Gasteiger partial charge in [-0.15, -0.1) is 0 Å². The molecule has 104 valence electrons. The first-order chi connectivity index (χ1) is 9.40. The van der Waals surface area contributed by atoms with Crippen LogP contribution in [0.4, 0.5) is 0 Å². The summed E-state index contributed by atoms with van der Waals surface area (Å²) < 4.78 is 1.93. The van der Waals surface area contributed by atoms with Crippen LogP contribution < -0.4 is 5.43 Å². The number of aromatic nitrogens is 1. The smallest absolute Gasteiger partial charge is 0.226 e. The Morgan fingerprint density at radius 3 is 2.60 bits per heavy atom. The zero-order valence-electron chi connectivity index (χ0n) is 11.7. The van der Waals surface area contributed by atoms with Gasteiger partial charge in [-0.25, -0.2) is 0 Å². The lowest BCUT2D eigenvalue weighted by molar-refractivity contribution is -0.111. The molecule has 0 unspecified atom stereocenters. The molecular formula is C16H16ClNO2. The van der Waals surface area contributed by atoms with E-state index in [1.165, 1.54) is 11.6 Å². The van der Waals surface area contributed by atoms with Crippen LogP contribution in [0.25, 0.3) is 5.69 Å². The molecule has 0 N–H and O–H groups in total. The van der Waals surface area contributed by atoms with Crippen LogP contribution >= 0.6 is 11.6 Å². The van der Waals surface area contributed by atoms with Gasteiger partial charge < -0.3 is 4.57 Å². The van der Waals surface area contributed by atoms with Crippen LogP contribution in [-0.4, -0.2) is 9.81 Å². The molecule has 0 aliphatic carbocycles. The minimum Gasteiger partial charge on any atom is -0.320 e. The molecule has 0 radical (unpaired) electrons. The Hall–Kier alpha value is -1.87. The maximum Gasteiger partial charge on any atom is 0.226 e. The lowest BCUT2D eigenvalue weighted by Gasteiger charge is -2.16. The van der Waals surface area contributed by atoms with Crippen molar-refractivity contribution in [2.45, 2.75) is 27.2 Å². The summed E-state index contributed by atoms with van der Waals surface area (Å²) in [5, 5.41) is -0.529. The molecule has 0 amide bonds. The van der Waals surface area contributed by atoms with Gasteiger partial charge in [-0.2, -0.15) is 0 Å². The number of pyridine rings is 1. The molecule has 2 rings (SSSR count). The van der Waals surface area contributed by atoms with Crippen LogP contribution in [0.5, 0.6) is 0 Å². The molecule has 2 aromatic rings. The van der Waals surface area contributed by atoms with E-state index in [0.29, 0.717) is 5.56 Å². The molecule has 1 aromatic carbocycles. The third kappa shape index (κ3) is 2.83. The summed E-state index contributed by atoms with van der Waals surface area (Å²) in [6, 6.07) is 7.55. The molecule has 4 heteroatoms. The molecule has 0 bridgehead atoms. The van der Waals surface area contributed by atoms with Gasteiger partial charge in [0, 0.05) is 29.2 Å². The third-order valence-corrected chi connectivity index (χ3v) is 3.62. The van der Waals surface area contributed by atoms with E-state index in [2.05, 4.69) is 0 Å². The molecule has 20 heavy (non-hydrogen) atoms. The van der Waals surface area contributed by atoms with Crippen molar-refractivity contribution in [2.75, 3.05) is 0 Å². The van der Waals surface area contributed by atoms with E-state index in [9.17, 15) is 9.59 Å². The maximum atomic E-state index is 11.9. The fourth-order valence-electron chi connectivity index (χ4n) is 2.21. The Morgan fingerprint density at radius 1 is 1.25 bits per heavy atom. The van der Waals surface area contributed by atoms with Gasteiger partial charge in [0.1, 0.15) is 0 Å². The number of nitrogens with zero attached hydrogens (tertiary/aromatic N) is 1. The highest BCUT2D eigenvalue weighted by Gasteiger charge is 2.10. The number of hydrogen-bond acceptors (Lipinski definition) is 2. The number of carbonyl (C=O) groups is 1. The number of hydrogen-bond donors (Lipinski definition) is 0. The topological polar surface area (TPSA) is 39.1 Å². The van der Waals surface area contributed by atoms with E-state index in [1.54, 1.807) is 6.20 Å². The fourth-order valence-corrected chi connectivity index (χ4v) is 2.36. The lowest BCUT2D eigenvalue weighted by Crippen LogP contribution is -2.16. The van der Waals surface area contributed by atoms with Crippen LogP contribution in [-0.2, 0) is 11.2 Å². The van der Waals surface area contributed by atoms with Gasteiger partial charge in [-0.05, 0) is 49.6 Å². The lowest BCUT2D eigenvalue weighted by atomic mass is 10.1. The predicted molar refractivity (Wildman–Crippen MR) is 80.8 cm³/mol. The van der Waals surface area contributed by atoms with Crippen molar-refractivity contribution in [3.63, 3.8) is 0 Å². The molecule has 3 nitrogen and oxygen atoms in total. The first kappa shape index (κ1) is 14.5. The Labute approximate surface area is 122 Å². The molecule has 0 spiro atoms. The Morgan fingerprint density at radius 2 is 1.95 bits per heavy atom. The summed E-state index contributed by atoms with van der Waals surface area (Å²) in [6.07, 6.45) is 1.66. The monoisotopic (exact) mass is 289 g/mol. The zero-order valence-corrected chi connectivity index (χ0v) is 12.5. The van der Waals surface area contributed by atoms with Gasteiger partial charge in [0.15, 0.2) is 5.43 Å². The second-order valence-electron chi connectivity index (χ2n) is 4.93. The summed E-state index contributed by atoms with van der Waals surface area (Å²) in [7, 11) is 0. The Kier molecular flexibility index (Phi) is 4.09. The number of halogens is 1. The summed E-state index contributed by atoms with van der Waals surface area (Å²) in [5.74, 6) is 0. The fraction of sp³-hybridized carbons (Fsp3) is 0.250. The molecule has 1 aromatic heterocycles. The third-order valence-electron chi connectivity index (χ3n) is 3.49. The maximum absolute atomic E-state index is 11.9. The zero-order chi connectivity index (χ0) is 14.9. The van der Waals surface area contributed by atoms with E-state index < -0.39 is 5.24 Å². The second-order valence-corrected chi connectivity index (χ2v) is 5.35. The van der Waals surface area contributed by atoms with Crippen LogP contribution in [0.2, 0.25) is 0 Å². The van der Waals surface area contributed by atoms with Crippen LogP contribution in [0.3, 0.4) is 0 Å². The molecule has 0 saturated heterocycles. The largest absolute Gasteiger partial charge is 0.320 e. The first-order valence-corrected chi connectivity index (χ1v) is 6.75. The van der Waals surface area contributed by atoms with Crippen molar-refractivity contribution in [2.24, 2.45) is 0 Å². The molecule has 0 saturated carbocycles. The van der Waals surface area contributed by atoms with Crippen molar-refractivity contribution < 1.29 is 4.79 Å². The first-order valence-electron chi connectivity index (χ1n) is 6.37. The summed E-state index contributed by atoms with van der Waals surface area (Å²) in [5.41, 5.74) is 4.41. The molecule has 0 atom stereocenters. The van der Waals surface area contributed by atoms with Gasteiger partial charge >= 0.3 is 0 Å². The minimum absolute atomic E-state index is 0.0501. The van der Waals surface area contributed by atoms with Gasteiger partial charge in [0.2, 0.25) is 5.24 Å². The van der Waals surface area contributed by atoms with Crippen molar-refractivity contribution in [1.82, 2.24) is 4.57 Å². The standard InChI is InChI=1S/C16H16ClNO2/c1-10-5-4-6-14(12(10)3)18-9-13(8-16(17)20)15(19)7-11(18)2/h4-7,9H,8H2,1-3H3. The molecule has 1 heterocycles. The van der Waals surface area contributed by atoms with Crippen molar-refractivity contribution in [3.05, 3.63) is 63.1 Å². The van der Waals surface area contributed by atoms with E-state index in [0.717, 1.165) is 16.9 Å². The number of carbonyl (C=O) groups excluding carboxylic acids is 1. The average Bonchev–Trinajstić information content (AvgIpc) is 2.36. The average molecular weight is 290 g/mol. The van der Waals surface area contributed by atoms with Crippen LogP contribution in [0.15, 0.2) is 35.3 Å². The molecule has 0 aliphatic heterocycles. The SMILES string of the molecule is Cc1cccc(-n2cc(CC(=O)Cl)c(=O)cc2C)c1C. The van der Waals surface area contributed by atoms with E-state index in [4.69, 9.17) is 11.6 Å². The highest BCUT2D eigenvalue weighted by atomic mass is 35.5. The summed E-state index contributed by atoms with van der Waals surface area (Å²) in [4.78, 5) is 22.9. The van der Waals surface area contributed by atoms with Gasteiger partial charge in [0.05, 0.1) is 6.42 Å². The molecular weight excluding hydrogens is 274 g/mol. The second kappa shape index (κ2) is 5.63. The van der Waals surface area contributed by atoms with Gasteiger partial charge in [-0.1, -0.05) is 12.1 Å². The van der Waals surface area contributed by atoms with E-state index in [1.807, 2.05) is 43.5 Å². The normalized spacial score (nSPS) is 10.6. The highest BCUT2D eigenvalue weighted by molar-refractivity contribution is 6.63. The van der Waals surface area contributed by atoms with Gasteiger partial charge in [-0.3, -0.25) is 9.59 Å². The summed E-state index contributed by atoms with van der Waals surface area (Å²) in [6.45, 7) is 5.95. The predicted octanol–water partition coefficient (Wildman–Crippen LogP) is 3.07. The van der Waals surface area contributed by atoms with Crippen molar-refractivity contribution in [1.29, 1.82) is 0 Å². The van der Waals surface area contributed by atoms with E-state index >= 15 is 0 Å². The van der Waals surface area contributed by atoms with Crippen LogP contribution in [0, 0.1) is 20.8 Å². The highest BCUT2D eigenvalue weighted by Crippen LogP contribution is 2.19. The minimum atomic E-state index is -0.529. The quantitative estimate of drug-likeness (QED) is 0.815. The Balaban J connectivity index is 2.65. The van der Waals surface area contributed by atoms with Crippen molar-refractivity contribution >= 4 is 16.8 Å². The van der Waals surface area contributed by atoms with Crippen molar-refractivity contribution in [3.8, 4) is 5.69 Å². The number of benzene rings is 1. The van der Waals surface area contributed by atoms with Crippen LogP contribution in [0.1, 0.15) is 22.4 Å². The Bertz CT molecular complexity index is 732.